The Morgan fingerprint density at radius 2 is 2.16 bits per heavy atom. The molecule has 0 bridgehead atoms. The Bertz CT molecular complexity index is 267. The molecule has 2 unspecified atom stereocenters. The van der Waals surface area contributed by atoms with Gasteiger partial charge in [-0.1, -0.05) is 20.8 Å². The highest BCUT2D eigenvalue weighted by Crippen LogP contribution is 2.31. The number of ether oxygens (including phenoxy) is 1. The number of hydrogen-bond donors (Lipinski definition) is 1. The van der Waals surface area contributed by atoms with E-state index in [4.69, 9.17) is 4.74 Å². The van der Waals surface area contributed by atoms with Crippen molar-refractivity contribution < 1.29 is 4.74 Å². The first kappa shape index (κ1) is 15.3. The van der Waals surface area contributed by atoms with Crippen LogP contribution in [0.15, 0.2) is 0 Å². The van der Waals surface area contributed by atoms with Crippen molar-refractivity contribution in [1.29, 1.82) is 0 Å². The van der Waals surface area contributed by atoms with E-state index >= 15 is 0 Å². The molecule has 1 N–H and O–H groups in total. The fraction of sp³-hybridized carbons (Fsp3) is 1.00. The van der Waals surface area contributed by atoms with E-state index in [1.54, 1.807) is 0 Å². The monoisotopic (exact) mass is 268 g/mol. The predicted molar refractivity (Wildman–Crippen MR) is 80.5 cm³/mol. The molecule has 0 aliphatic carbocycles. The number of hydrogen-bond acceptors (Lipinski definition) is 3. The van der Waals surface area contributed by atoms with Gasteiger partial charge in [0, 0.05) is 25.7 Å². The highest BCUT2D eigenvalue weighted by atomic mass is 16.5. The summed E-state index contributed by atoms with van der Waals surface area (Å²) in [5.74, 6) is 0. The number of likely N-dealkylation sites (tertiary alicyclic amines) is 1. The zero-order valence-electron chi connectivity index (χ0n) is 13.1. The lowest BCUT2D eigenvalue weighted by molar-refractivity contribution is -0.00832. The van der Waals surface area contributed by atoms with Gasteiger partial charge in [-0.2, -0.15) is 0 Å². The number of piperidine rings is 2. The van der Waals surface area contributed by atoms with Gasteiger partial charge in [0.2, 0.25) is 0 Å². The predicted octanol–water partition coefficient (Wildman–Crippen LogP) is 2.66. The van der Waals surface area contributed by atoms with Crippen molar-refractivity contribution in [1.82, 2.24) is 10.2 Å². The minimum absolute atomic E-state index is 0.440. The van der Waals surface area contributed by atoms with Crippen molar-refractivity contribution in [3.05, 3.63) is 0 Å². The lowest BCUT2D eigenvalue weighted by Gasteiger charge is -2.43. The van der Waals surface area contributed by atoms with Gasteiger partial charge < -0.3 is 10.1 Å². The average molecular weight is 268 g/mol. The van der Waals surface area contributed by atoms with Crippen LogP contribution in [0, 0.1) is 5.41 Å². The highest BCUT2D eigenvalue weighted by molar-refractivity contribution is 4.91. The normalized spacial score (nSPS) is 32.4. The topological polar surface area (TPSA) is 24.5 Å². The molecule has 2 heterocycles. The molecule has 2 rings (SSSR count). The van der Waals surface area contributed by atoms with Crippen molar-refractivity contribution in [2.75, 3.05) is 32.8 Å². The SMILES string of the molecule is CCCOC1CCCN(CC2NCCCC2(C)C)C1. The van der Waals surface area contributed by atoms with Crippen LogP contribution in [-0.2, 0) is 4.74 Å². The van der Waals surface area contributed by atoms with Crippen LogP contribution in [0.2, 0.25) is 0 Å². The van der Waals surface area contributed by atoms with E-state index in [2.05, 4.69) is 31.0 Å². The van der Waals surface area contributed by atoms with Crippen LogP contribution in [0.1, 0.15) is 52.9 Å². The summed E-state index contributed by atoms with van der Waals surface area (Å²) in [5, 5.41) is 3.73. The zero-order valence-corrected chi connectivity index (χ0v) is 13.1. The molecule has 2 fully saturated rings. The smallest absolute Gasteiger partial charge is 0.0702 e. The fourth-order valence-electron chi connectivity index (χ4n) is 3.44. The third-order valence-electron chi connectivity index (χ3n) is 4.79. The Kier molecular flexibility index (Phi) is 5.67. The Morgan fingerprint density at radius 3 is 2.89 bits per heavy atom. The van der Waals surface area contributed by atoms with Gasteiger partial charge in [0.1, 0.15) is 0 Å². The highest BCUT2D eigenvalue weighted by Gasteiger charge is 2.34. The lowest BCUT2D eigenvalue weighted by Crippen LogP contribution is -2.54. The standard InChI is InChI=1S/C16H32N2O/c1-4-11-19-14-7-5-10-18(12-14)13-15-16(2,3)8-6-9-17-15/h14-15,17H,4-13H2,1-3H3. The summed E-state index contributed by atoms with van der Waals surface area (Å²) in [6.45, 7) is 12.7. The first-order valence-electron chi connectivity index (χ1n) is 8.19. The van der Waals surface area contributed by atoms with Gasteiger partial charge in [0.25, 0.3) is 0 Å². The molecule has 2 saturated heterocycles. The average Bonchev–Trinajstić information content (AvgIpc) is 2.39. The molecule has 3 nitrogen and oxygen atoms in total. The van der Waals surface area contributed by atoms with Crippen molar-refractivity contribution in [2.45, 2.75) is 65.0 Å². The van der Waals surface area contributed by atoms with E-state index in [0.717, 1.165) is 19.6 Å². The minimum atomic E-state index is 0.440. The van der Waals surface area contributed by atoms with Crippen molar-refractivity contribution in [2.24, 2.45) is 5.41 Å². The molecule has 0 saturated carbocycles. The van der Waals surface area contributed by atoms with Crippen LogP contribution in [0.25, 0.3) is 0 Å². The van der Waals surface area contributed by atoms with E-state index in [0.29, 0.717) is 17.6 Å². The number of nitrogens with one attached hydrogen (secondary N) is 1. The van der Waals surface area contributed by atoms with Crippen LogP contribution in [0.5, 0.6) is 0 Å². The molecular weight excluding hydrogens is 236 g/mol. The zero-order chi connectivity index (χ0) is 13.7. The van der Waals surface area contributed by atoms with Gasteiger partial charge in [-0.3, -0.25) is 4.90 Å². The van der Waals surface area contributed by atoms with Gasteiger partial charge in [0.05, 0.1) is 6.10 Å². The van der Waals surface area contributed by atoms with Crippen LogP contribution < -0.4 is 5.32 Å². The van der Waals surface area contributed by atoms with Crippen LogP contribution in [0.3, 0.4) is 0 Å². The first-order valence-corrected chi connectivity index (χ1v) is 8.19. The summed E-state index contributed by atoms with van der Waals surface area (Å²) in [6.07, 6.45) is 6.83. The van der Waals surface area contributed by atoms with Gasteiger partial charge in [-0.25, -0.2) is 0 Å². The van der Waals surface area contributed by atoms with E-state index in [1.807, 2.05) is 0 Å². The van der Waals surface area contributed by atoms with Gasteiger partial charge >= 0.3 is 0 Å². The van der Waals surface area contributed by atoms with Gasteiger partial charge in [-0.05, 0) is 50.6 Å². The largest absolute Gasteiger partial charge is 0.377 e. The summed E-state index contributed by atoms with van der Waals surface area (Å²) in [5.41, 5.74) is 0.440. The Morgan fingerprint density at radius 1 is 1.32 bits per heavy atom. The van der Waals surface area contributed by atoms with E-state index in [9.17, 15) is 0 Å². The molecule has 112 valence electrons. The van der Waals surface area contributed by atoms with Crippen molar-refractivity contribution in [3.8, 4) is 0 Å². The summed E-state index contributed by atoms with van der Waals surface area (Å²) in [4.78, 5) is 2.62. The second-order valence-corrected chi connectivity index (χ2v) is 6.99. The molecule has 2 aliphatic rings. The number of rotatable bonds is 5. The second-order valence-electron chi connectivity index (χ2n) is 6.99. The minimum Gasteiger partial charge on any atom is -0.377 e. The van der Waals surface area contributed by atoms with Crippen LogP contribution >= 0.6 is 0 Å². The van der Waals surface area contributed by atoms with Gasteiger partial charge in [0.15, 0.2) is 0 Å². The van der Waals surface area contributed by atoms with Crippen molar-refractivity contribution >= 4 is 0 Å². The van der Waals surface area contributed by atoms with E-state index in [-0.39, 0.29) is 0 Å². The Labute approximate surface area is 119 Å². The number of nitrogens with zero attached hydrogens (tertiary/aromatic N) is 1. The second kappa shape index (κ2) is 7.05. The summed E-state index contributed by atoms with van der Waals surface area (Å²) >= 11 is 0. The lowest BCUT2D eigenvalue weighted by atomic mass is 9.77. The molecule has 0 aromatic rings. The molecule has 0 aromatic heterocycles. The molecule has 19 heavy (non-hydrogen) atoms. The third-order valence-corrected chi connectivity index (χ3v) is 4.79. The maximum absolute atomic E-state index is 5.94. The van der Waals surface area contributed by atoms with Crippen molar-refractivity contribution in [3.63, 3.8) is 0 Å². The summed E-state index contributed by atoms with van der Waals surface area (Å²) in [7, 11) is 0. The maximum Gasteiger partial charge on any atom is 0.0702 e. The molecule has 0 radical (unpaired) electrons. The van der Waals surface area contributed by atoms with Crippen LogP contribution in [0.4, 0.5) is 0 Å². The maximum atomic E-state index is 5.94. The fourth-order valence-corrected chi connectivity index (χ4v) is 3.44. The molecule has 0 spiro atoms. The molecular formula is C16H32N2O. The third kappa shape index (κ3) is 4.44. The molecule has 2 aliphatic heterocycles. The van der Waals surface area contributed by atoms with E-state index < -0.39 is 0 Å². The molecule has 0 aromatic carbocycles. The van der Waals surface area contributed by atoms with Crippen LogP contribution in [-0.4, -0.2) is 49.8 Å². The molecule has 2 atom stereocenters. The summed E-state index contributed by atoms with van der Waals surface area (Å²) in [6, 6.07) is 0.645. The van der Waals surface area contributed by atoms with Gasteiger partial charge in [-0.15, -0.1) is 0 Å². The quantitative estimate of drug-likeness (QED) is 0.829. The molecule has 3 heteroatoms. The Balaban J connectivity index is 1.81. The first-order chi connectivity index (χ1) is 9.12. The molecule has 0 amide bonds. The summed E-state index contributed by atoms with van der Waals surface area (Å²) < 4.78 is 5.94. The Hall–Kier alpha value is -0.120. The van der Waals surface area contributed by atoms with E-state index in [1.165, 1.54) is 45.3 Å².